The number of piperidine rings is 1. The Labute approximate surface area is 159 Å². The lowest BCUT2D eigenvalue weighted by molar-refractivity contribution is -0.121. The maximum Gasteiger partial charge on any atom is 0.317 e. The van der Waals surface area contributed by atoms with Crippen LogP contribution in [0.3, 0.4) is 0 Å². The van der Waals surface area contributed by atoms with Crippen molar-refractivity contribution in [2.24, 2.45) is 5.92 Å². The van der Waals surface area contributed by atoms with E-state index in [9.17, 15) is 9.59 Å². The molecule has 2 N–H and O–H groups in total. The third kappa shape index (κ3) is 5.00. The van der Waals surface area contributed by atoms with Gasteiger partial charge in [0.15, 0.2) is 0 Å². The van der Waals surface area contributed by atoms with Gasteiger partial charge >= 0.3 is 6.03 Å². The fraction of sp³-hybridized carbons (Fsp3) is 0.333. The van der Waals surface area contributed by atoms with E-state index in [2.05, 4.69) is 10.6 Å². The Morgan fingerprint density at radius 1 is 1.04 bits per heavy atom. The molecule has 6 heteroatoms. The minimum atomic E-state index is -0.108. The molecule has 0 aromatic heterocycles. The molecule has 1 heterocycles. The van der Waals surface area contributed by atoms with E-state index in [4.69, 9.17) is 4.74 Å². The summed E-state index contributed by atoms with van der Waals surface area (Å²) in [5.74, 6) is 0.716. The van der Waals surface area contributed by atoms with E-state index in [1.165, 1.54) is 0 Å². The van der Waals surface area contributed by atoms with E-state index >= 15 is 0 Å². The van der Waals surface area contributed by atoms with Gasteiger partial charge in [0.1, 0.15) is 5.75 Å². The average molecular weight is 367 g/mol. The van der Waals surface area contributed by atoms with Crippen LogP contribution in [0, 0.1) is 5.92 Å². The number of anilines is 1. The second-order valence-electron chi connectivity index (χ2n) is 6.59. The third-order valence-electron chi connectivity index (χ3n) is 4.82. The van der Waals surface area contributed by atoms with Crippen molar-refractivity contribution < 1.29 is 14.3 Å². The monoisotopic (exact) mass is 367 g/mol. The molecule has 1 aliphatic heterocycles. The maximum absolute atomic E-state index is 12.4. The number of para-hydroxylation sites is 2. The number of likely N-dealkylation sites (tertiary alicyclic amines) is 1. The van der Waals surface area contributed by atoms with Gasteiger partial charge in [0.25, 0.3) is 0 Å². The molecular weight excluding hydrogens is 342 g/mol. The minimum Gasteiger partial charge on any atom is -0.496 e. The second-order valence-corrected chi connectivity index (χ2v) is 6.59. The first-order valence-corrected chi connectivity index (χ1v) is 9.18. The van der Waals surface area contributed by atoms with Gasteiger partial charge in [0.2, 0.25) is 5.91 Å². The van der Waals surface area contributed by atoms with Gasteiger partial charge in [-0.25, -0.2) is 4.79 Å². The van der Waals surface area contributed by atoms with Crippen molar-refractivity contribution in [1.29, 1.82) is 0 Å². The Balaban J connectivity index is 1.45. The molecule has 1 fully saturated rings. The van der Waals surface area contributed by atoms with E-state index < -0.39 is 0 Å². The van der Waals surface area contributed by atoms with E-state index in [1.54, 1.807) is 12.0 Å². The molecule has 2 aromatic carbocycles. The number of carbonyl (C=O) groups is 2. The fourth-order valence-electron chi connectivity index (χ4n) is 3.24. The number of carbonyl (C=O) groups excluding carboxylic acids is 2. The number of methoxy groups -OCH3 is 1. The number of nitrogens with zero attached hydrogens (tertiary/aromatic N) is 1. The Morgan fingerprint density at radius 3 is 2.41 bits per heavy atom. The van der Waals surface area contributed by atoms with Crippen LogP contribution < -0.4 is 15.4 Å². The smallest absolute Gasteiger partial charge is 0.317 e. The molecule has 3 rings (SSSR count). The van der Waals surface area contributed by atoms with Gasteiger partial charge < -0.3 is 20.3 Å². The largest absolute Gasteiger partial charge is 0.496 e. The van der Waals surface area contributed by atoms with Crippen molar-refractivity contribution in [3.8, 4) is 5.75 Å². The third-order valence-corrected chi connectivity index (χ3v) is 4.82. The molecule has 0 aliphatic carbocycles. The molecule has 0 unspecified atom stereocenters. The first-order chi connectivity index (χ1) is 13.2. The first-order valence-electron chi connectivity index (χ1n) is 9.18. The summed E-state index contributed by atoms with van der Waals surface area (Å²) in [4.78, 5) is 26.6. The van der Waals surface area contributed by atoms with E-state index in [0.717, 1.165) is 17.0 Å². The summed E-state index contributed by atoms with van der Waals surface area (Å²) in [5.41, 5.74) is 1.74. The molecular formula is C21H25N3O3. The molecule has 27 heavy (non-hydrogen) atoms. The summed E-state index contributed by atoms with van der Waals surface area (Å²) >= 11 is 0. The number of nitrogens with one attached hydrogen (secondary N) is 2. The Kier molecular flexibility index (Phi) is 6.30. The Morgan fingerprint density at radius 2 is 1.70 bits per heavy atom. The standard InChI is InChI=1S/C21H25N3O3/c1-27-19-10-6-5-7-17(19)15-22-21(26)24-13-11-16(12-14-24)20(25)23-18-8-3-2-4-9-18/h2-10,16H,11-15H2,1H3,(H,22,26)(H,23,25). The van der Waals surface area contributed by atoms with Crippen LogP contribution in [-0.4, -0.2) is 37.0 Å². The molecule has 0 atom stereocenters. The zero-order valence-electron chi connectivity index (χ0n) is 15.5. The Hall–Kier alpha value is -3.02. The highest BCUT2D eigenvalue weighted by Crippen LogP contribution is 2.20. The van der Waals surface area contributed by atoms with Crippen LogP contribution in [-0.2, 0) is 11.3 Å². The topological polar surface area (TPSA) is 70.7 Å². The average Bonchev–Trinajstić information content (AvgIpc) is 2.73. The first kappa shape index (κ1) is 18.8. The lowest BCUT2D eigenvalue weighted by Crippen LogP contribution is -2.45. The van der Waals surface area contributed by atoms with Crippen molar-refractivity contribution in [2.75, 3.05) is 25.5 Å². The summed E-state index contributed by atoms with van der Waals surface area (Å²) in [6.45, 7) is 1.56. The highest BCUT2D eigenvalue weighted by atomic mass is 16.5. The number of rotatable bonds is 5. The zero-order valence-corrected chi connectivity index (χ0v) is 15.5. The van der Waals surface area contributed by atoms with Gasteiger partial charge in [-0.05, 0) is 31.0 Å². The van der Waals surface area contributed by atoms with Crippen molar-refractivity contribution in [1.82, 2.24) is 10.2 Å². The minimum absolute atomic E-state index is 0.0234. The van der Waals surface area contributed by atoms with E-state index in [-0.39, 0.29) is 17.9 Å². The summed E-state index contributed by atoms with van der Waals surface area (Å²) in [6.07, 6.45) is 1.33. The number of benzene rings is 2. The second kappa shape index (κ2) is 9.07. The highest BCUT2D eigenvalue weighted by Gasteiger charge is 2.27. The SMILES string of the molecule is COc1ccccc1CNC(=O)N1CCC(C(=O)Nc2ccccc2)CC1. The van der Waals surface area contributed by atoms with Gasteiger partial charge in [-0.2, -0.15) is 0 Å². The summed E-state index contributed by atoms with van der Waals surface area (Å²) in [5, 5.41) is 5.88. The van der Waals surface area contributed by atoms with Crippen molar-refractivity contribution in [2.45, 2.75) is 19.4 Å². The molecule has 0 spiro atoms. The van der Waals surface area contributed by atoms with Crippen molar-refractivity contribution in [3.05, 3.63) is 60.2 Å². The van der Waals surface area contributed by atoms with Crippen LogP contribution in [0.25, 0.3) is 0 Å². The van der Waals surface area contributed by atoms with Crippen LogP contribution in [0.15, 0.2) is 54.6 Å². The van der Waals surface area contributed by atoms with Crippen molar-refractivity contribution >= 4 is 17.6 Å². The van der Waals surface area contributed by atoms with Crippen molar-refractivity contribution in [3.63, 3.8) is 0 Å². The van der Waals surface area contributed by atoms with E-state index in [1.807, 2.05) is 54.6 Å². The number of hydrogen-bond donors (Lipinski definition) is 2. The number of ether oxygens (including phenoxy) is 1. The molecule has 2 aromatic rings. The van der Waals surface area contributed by atoms with Gasteiger partial charge in [-0.15, -0.1) is 0 Å². The van der Waals surface area contributed by atoms with Gasteiger partial charge in [-0.3, -0.25) is 4.79 Å². The van der Waals surface area contributed by atoms with Crippen LogP contribution >= 0.6 is 0 Å². The lowest BCUT2D eigenvalue weighted by atomic mass is 9.96. The van der Waals surface area contributed by atoms with Gasteiger partial charge in [0.05, 0.1) is 7.11 Å². The van der Waals surface area contributed by atoms with Crippen LogP contribution in [0.2, 0.25) is 0 Å². The molecule has 1 aliphatic rings. The van der Waals surface area contributed by atoms with Gasteiger partial charge in [0, 0.05) is 36.8 Å². The molecule has 0 radical (unpaired) electrons. The maximum atomic E-state index is 12.4. The number of urea groups is 1. The van der Waals surface area contributed by atoms with E-state index in [0.29, 0.717) is 32.5 Å². The fourth-order valence-corrected chi connectivity index (χ4v) is 3.24. The summed E-state index contributed by atoms with van der Waals surface area (Å²) in [7, 11) is 1.62. The van der Waals surface area contributed by atoms with Crippen LogP contribution in [0.1, 0.15) is 18.4 Å². The predicted molar refractivity (Wildman–Crippen MR) is 105 cm³/mol. The molecule has 1 saturated heterocycles. The molecule has 0 bridgehead atoms. The summed E-state index contributed by atoms with van der Waals surface area (Å²) < 4.78 is 5.30. The normalized spacial score (nSPS) is 14.5. The molecule has 6 nitrogen and oxygen atoms in total. The number of hydrogen-bond acceptors (Lipinski definition) is 3. The van der Waals surface area contributed by atoms with Crippen LogP contribution in [0.5, 0.6) is 5.75 Å². The van der Waals surface area contributed by atoms with Crippen LogP contribution in [0.4, 0.5) is 10.5 Å². The highest BCUT2D eigenvalue weighted by molar-refractivity contribution is 5.92. The molecule has 142 valence electrons. The quantitative estimate of drug-likeness (QED) is 0.852. The molecule has 3 amide bonds. The number of amides is 3. The summed E-state index contributed by atoms with van der Waals surface area (Å²) in [6, 6.07) is 17.0. The predicted octanol–water partition coefficient (Wildman–Crippen LogP) is 3.26. The Bertz CT molecular complexity index is 771. The molecule has 0 saturated carbocycles. The lowest BCUT2D eigenvalue weighted by Gasteiger charge is -2.31. The zero-order chi connectivity index (χ0) is 19.1. The van der Waals surface area contributed by atoms with Gasteiger partial charge in [-0.1, -0.05) is 36.4 Å².